The van der Waals surface area contributed by atoms with Crippen molar-refractivity contribution in [1.29, 1.82) is 0 Å². The number of benzene rings is 1. The minimum atomic E-state index is -0.610. The van der Waals surface area contributed by atoms with E-state index in [0.29, 0.717) is 17.3 Å². The molecule has 0 atom stereocenters. The largest absolute Gasteiger partial charge is 0.369 e. The molecular weight excluding hydrogens is 246 g/mol. The molecule has 2 rings (SSSR count). The summed E-state index contributed by atoms with van der Waals surface area (Å²) in [6.45, 7) is 2.76. The molecular formula is C15H22F2N2. The van der Waals surface area contributed by atoms with Crippen LogP contribution in [0.25, 0.3) is 0 Å². The van der Waals surface area contributed by atoms with E-state index in [2.05, 4.69) is 19.0 Å². The first-order valence-electron chi connectivity index (χ1n) is 6.79. The monoisotopic (exact) mass is 268 g/mol. The summed E-state index contributed by atoms with van der Waals surface area (Å²) in [7, 11) is 4.14. The molecule has 1 aromatic carbocycles. The summed E-state index contributed by atoms with van der Waals surface area (Å²) in [6.07, 6.45) is 1.98. The van der Waals surface area contributed by atoms with Gasteiger partial charge >= 0.3 is 0 Å². The van der Waals surface area contributed by atoms with Crippen LogP contribution in [-0.2, 0) is 6.67 Å². The van der Waals surface area contributed by atoms with Gasteiger partial charge in [0, 0.05) is 24.7 Å². The molecule has 0 radical (unpaired) electrons. The molecule has 1 saturated heterocycles. The fraction of sp³-hybridized carbons (Fsp3) is 0.600. The van der Waals surface area contributed by atoms with Gasteiger partial charge in [-0.3, -0.25) is 0 Å². The van der Waals surface area contributed by atoms with Gasteiger partial charge in [-0.2, -0.15) is 0 Å². The number of aryl methyl sites for hydroxylation is 1. The highest BCUT2D eigenvalue weighted by molar-refractivity contribution is 5.56. The van der Waals surface area contributed by atoms with Gasteiger partial charge in [-0.25, -0.2) is 8.78 Å². The Balaban J connectivity index is 2.19. The Morgan fingerprint density at radius 2 is 1.89 bits per heavy atom. The summed E-state index contributed by atoms with van der Waals surface area (Å²) < 4.78 is 27.2. The van der Waals surface area contributed by atoms with E-state index >= 15 is 0 Å². The third kappa shape index (κ3) is 3.06. The first-order valence-corrected chi connectivity index (χ1v) is 6.79. The van der Waals surface area contributed by atoms with Crippen molar-refractivity contribution in [3.8, 4) is 0 Å². The molecule has 0 bridgehead atoms. The van der Waals surface area contributed by atoms with Crippen molar-refractivity contribution in [2.75, 3.05) is 32.1 Å². The van der Waals surface area contributed by atoms with Gasteiger partial charge in [-0.05, 0) is 45.5 Å². The molecule has 106 valence electrons. The molecule has 0 saturated carbocycles. The van der Waals surface area contributed by atoms with E-state index in [1.165, 1.54) is 6.07 Å². The molecule has 2 nitrogen and oxygen atoms in total. The Bertz CT molecular complexity index is 438. The molecule has 1 aromatic rings. The minimum Gasteiger partial charge on any atom is -0.369 e. The average molecular weight is 268 g/mol. The molecule has 0 aliphatic carbocycles. The predicted octanol–water partition coefficient (Wildman–Crippen LogP) is 3.13. The van der Waals surface area contributed by atoms with Crippen molar-refractivity contribution in [2.45, 2.75) is 32.5 Å². The molecule has 0 unspecified atom stereocenters. The highest BCUT2D eigenvalue weighted by atomic mass is 19.1. The van der Waals surface area contributed by atoms with Crippen molar-refractivity contribution in [2.24, 2.45) is 0 Å². The molecule has 4 heteroatoms. The first kappa shape index (κ1) is 14.3. The van der Waals surface area contributed by atoms with Gasteiger partial charge in [-0.15, -0.1) is 0 Å². The Labute approximate surface area is 114 Å². The summed E-state index contributed by atoms with van der Waals surface area (Å²) in [5.74, 6) is -0.295. The minimum absolute atomic E-state index is 0.295. The van der Waals surface area contributed by atoms with Gasteiger partial charge in [0.2, 0.25) is 0 Å². The lowest BCUT2D eigenvalue weighted by Crippen LogP contribution is -2.42. The van der Waals surface area contributed by atoms with Crippen molar-refractivity contribution >= 4 is 5.69 Å². The highest BCUT2D eigenvalue weighted by Crippen LogP contribution is 2.30. The van der Waals surface area contributed by atoms with Gasteiger partial charge in [0.15, 0.2) is 0 Å². The third-order valence-electron chi connectivity index (χ3n) is 3.94. The number of nitrogens with zero attached hydrogens (tertiary/aromatic N) is 2. The Hall–Kier alpha value is -1.16. The first-order chi connectivity index (χ1) is 9.02. The van der Waals surface area contributed by atoms with Crippen molar-refractivity contribution < 1.29 is 8.78 Å². The van der Waals surface area contributed by atoms with E-state index in [4.69, 9.17) is 0 Å². The van der Waals surface area contributed by atoms with Crippen LogP contribution in [0, 0.1) is 12.7 Å². The smallest absolute Gasteiger partial charge is 0.147 e. The zero-order valence-electron chi connectivity index (χ0n) is 11.9. The second-order valence-electron chi connectivity index (χ2n) is 5.57. The average Bonchev–Trinajstić information content (AvgIpc) is 2.38. The van der Waals surface area contributed by atoms with Crippen LogP contribution >= 0.6 is 0 Å². The van der Waals surface area contributed by atoms with Crippen molar-refractivity contribution in [3.05, 3.63) is 29.1 Å². The van der Waals surface area contributed by atoms with Gasteiger partial charge in [-0.1, -0.05) is 6.07 Å². The quantitative estimate of drug-likeness (QED) is 0.831. The molecule has 1 aliphatic heterocycles. The molecule has 1 fully saturated rings. The molecule has 0 amide bonds. The molecule has 0 aromatic heterocycles. The fourth-order valence-electron chi connectivity index (χ4n) is 2.87. The Morgan fingerprint density at radius 1 is 1.26 bits per heavy atom. The molecule has 0 N–H and O–H groups in total. The number of hydrogen-bond donors (Lipinski definition) is 0. The summed E-state index contributed by atoms with van der Waals surface area (Å²) >= 11 is 0. The van der Waals surface area contributed by atoms with Gasteiger partial charge in [0.1, 0.15) is 12.5 Å². The van der Waals surface area contributed by atoms with Crippen molar-refractivity contribution in [1.82, 2.24) is 4.90 Å². The number of halogens is 2. The van der Waals surface area contributed by atoms with Crippen LogP contribution in [0.4, 0.5) is 14.5 Å². The highest BCUT2D eigenvalue weighted by Gasteiger charge is 2.24. The van der Waals surface area contributed by atoms with Crippen LogP contribution in [0.5, 0.6) is 0 Å². The lowest BCUT2D eigenvalue weighted by atomic mass is 10.0. The van der Waals surface area contributed by atoms with E-state index in [0.717, 1.165) is 31.5 Å². The standard InChI is InChI=1S/C15H22F2N2/c1-11-8-12(10-16)15(14(17)9-11)19-6-4-13(5-7-19)18(2)3/h8-9,13H,4-7,10H2,1-3H3. The summed E-state index contributed by atoms with van der Waals surface area (Å²) in [4.78, 5) is 4.20. The number of hydrogen-bond acceptors (Lipinski definition) is 2. The Morgan fingerprint density at radius 3 is 2.42 bits per heavy atom. The molecule has 1 aliphatic rings. The topological polar surface area (TPSA) is 6.48 Å². The van der Waals surface area contributed by atoms with E-state index in [1.54, 1.807) is 13.0 Å². The maximum absolute atomic E-state index is 14.1. The fourth-order valence-corrected chi connectivity index (χ4v) is 2.87. The lowest BCUT2D eigenvalue weighted by Gasteiger charge is -2.37. The van der Waals surface area contributed by atoms with Crippen molar-refractivity contribution in [3.63, 3.8) is 0 Å². The molecule has 0 spiro atoms. The van der Waals surface area contributed by atoms with Crippen LogP contribution in [0.2, 0.25) is 0 Å². The predicted molar refractivity (Wildman–Crippen MR) is 74.9 cm³/mol. The van der Waals surface area contributed by atoms with E-state index in [-0.39, 0.29) is 5.82 Å². The number of alkyl halides is 1. The second kappa shape index (κ2) is 5.87. The molecule has 1 heterocycles. The Kier molecular flexibility index (Phi) is 4.40. The van der Waals surface area contributed by atoms with Crippen LogP contribution in [0.1, 0.15) is 24.0 Å². The van der Waals surface area contributed by atoms with Gasteiger partial charge in [0.25, 0.3) is 0 Å². The lowest BCUT2D eigenvalue weighted by molar-refractivity contribution is 0.249. The molecule has 19 heavy (non-hydrogen) atoms. The van der Waals surface area contributed by atoms with Crippen LogP contribution in [0.15, 0.2) is 12.1 Å². The number of piperidine rings is 1. The van der Waals surface area contributed by atoms with Crippen LogP contribution < -0.4 is 4.90 Å². The number of rotatable bonds is 3. The van der Waals surface area contributed by atoms with E-state index < -0.39 is 6.67 Å². The SMILES string of the molecule is Cc1cc(F)c(N2CCC(N(C)C)CC2)c(CF)c1. The van der Waals surface area contributed by atoms with E-state index in [1.807, 2.05) is 4.90 Å². The normalized spacial score (nSPS) is 17.3. The third-order valence-corrected chi connectivity index (χ3v) is 3.94. The summed E-state index contributed by atoms with van der Waals surface area (Å²) in [6, 6.07) is 3.78. The zero-order valence-corrected chi connectivity index (χ0v) is 11.9. The second-order valence-corrected chi connectivity index (χ2v) is 5.57. The van der Waals surface area contributed by atoms with E-state index in [9.17, 15) is 8.78 Å². The summed E-state index contributed by atoms with van der Waals surface area (Å²) in [5, 5.41) is 0. The van der Waals surface area contributed by atoms with Gasteiger partial charge < -0.3 is 9.80 Å². The number of anilines is 1. The van der Waals surface area contributed by atoms with Gasteiger partial charge in [0.05, 0.1) is 5.69 Å². The maximum Gasteiger partial charge on any atom is 0.147 e. The maximum atomic E-state index is 14.1. The van der Waals surface area contributed by atoms with Crippen LogP contribution in [-0.4, -0.2) is 38.1 Å². The summed E-state index contributed by atoms with van der Waals surface area (Å²) in [5.41, 5.74) is 1.71. The zero-order chi connectivity index (χ0) is 14.0. The van der Waals surface area contributed by atoms with Crippen LogP contribution in [0.3, 0.4) is 0 Å².